The Balaban J connectivity index is 1.76. The van der Waals surface area contributed by atoms with E-state index in [1.165, 1.54) is 11.1 Å². The summed E-state index contributed by atoms with van der Waals surface area (Å²) in [5.41, 5.74) is 5.89. The maximum Gasteiger partial charge on any atom is 0.315 e. The van der Waals surface area contributed by atoms with E-state index >= 15 is 0 Å². The molecule has 2 N–H and O–H groups in total. The van der Waals surface area contributed by atoms with E-state index in [1.54, 1.807) is 0 Å². The maximum atomic E-state index is 12.0. The molecule has 2 atom stereocenters. The van der Waals surface area contributed by atoms with Gasteiger partial charge in [-0.3, -0.25) is 0 Å². The van der Waals surface area contributed by atoms with Crippen molar-refractivity contribution in [2.75, 3.05) is 0 Å². The van der Waals surface area contributed by atoms with Crippen LogP contribution in [-0.2, 0) is 0 Å². The summed E-state index contributed by atoms with van der Waals surface area (Å²) in [5.74, 6) is 0.791. The van der Waals surface area contributed by atoms with Gasteiger partial charge in [0.25, 0.3) is 0 Å². The summed E-state index contributed by atoms with van der Waals surface area (Å²) in [6.07, 6.45) is 5.16. The van der Waals surface area contributed by atoms with Gasteiger partial charge in [-0.1, -0.05) is 38.1 Å². The van der Waals surface area contributed by atoms with Crippen LogP contribution in [-0.4, -0.2) is 27.9 Å². The number of nitrogens with one attached hydrogen (secondary N) is 2. The van der Waals surface area contributed by atoms with E-state index in [9.17, 15) is 4.79 Å². The third kappa shape index (κ3) is 4.29. The molecule has 0 fully saturated rings. The maximum absolute atomic E-state index is 12.0. The molecule has 1 aromatic carbocycles. The predicted octanol–water partition coefficient (Wildman–Crippen LogP) is 4.73. The first-order valence-electron chi connectivity index (χ1n) is 10.2. The van der Waals surface area contributed by atoms with Gasteiger partial charge < -0.3 is 10.6 Å². The second-order valence-electron chi connectivity index (χ2n) is 8.35. The predicted molar refractivity (Wildman–Crippen MR) is 114 cm³/mol. The van der Waals surface area contributed by atoms with Gasteiger partial charge in [-0.25, -0.2) is 9.48 Å². The minimum absolute atomic E-state index is 0.0521. The van der Waals surface area contributed by atoms with E-state index in [2.05, 4.69) is 74.7 Å². The number of allylic oxidation sites excluding steroid dienone is 1. The number of amides is 2. The van der Waals surface area contributed by atoms with E-state index in [4.69, 9.17) is 5.10 Å². The van der Waals surface area contributed by atoms with Gasteiger partial charge in [0.2, 0.25) is 0 Å². The van der Waals surface area contributed by atoms with Crippen molar-refractivity contribution in [2.24, 2.45) is 0 Å². The van der Waals surface area contributed by atoms with Crippen LogP contribution in [0.4, 0.5) is 4.79 Å². The van der Waals surface area contributed by atoms with Crippen LogP contribution in [0.25, 0.3) is 5.69 Å². The fourth-order valence-electron chi connectivity index (χ4n) is 3.94. The molecule has 0 saturated heterocycles. The van der Waals surface area contributed by atoms with Gasteiger partial charge in [-0.05, 0) is 57.7 Å². The third-order valence-electron chi connectivity index (χ3n) is 5.34. The average Bonchev–Trinajstić information content (AvgIpc) is 3.18. The number of rotatable bonds is 5. The molecule has 3 rings (SSSR count). The molecule has 5 heteroatoms. The molecular weight excluding hydrogens is 348 g/mol. The summed E-state index contributed by atoms with van der Waals surface area (Å²) < 4.78 is 2.04. The summed E-state index contributed by atoms with van der Waals surface area (Å²) in [4.78, 5) is 12.0. The molecule has 0 saturated carbocycles. The number of aromatic nitrogens is 2. The second kappa shape index (κ2) is 8.21. The number of hydrogen-bond donors (Lipinski definition) is 2. The quantitative estimate of drug-likeness (QED) is 0.737. The van der Waals surface area contributed by atoms with E-state index in [0.717, 1.165) is 23.5 Å². The molecule has 2 amide bonds. The van der Waals surface area contributed by atoms with Gasteiger partial charge in [-0.15, -0.1) is 0 Å². The van der Waals surface area contributed by atoms with Gasteiger partial charge in [0.15, 0.2) is 0 Å². The molecule has 2 aromatic rings. The highest BCUT2D eigenvalue weighted by atomic mass is 16.2. The minimum Gasteiger partial charge on any atom is -0.336 e. The van der Waals surface area contributed by atoms with Crippen LogP contribution in [0.15, 0.2) is 36.4 Å². The third-order valence-corrected chi connectivity index (χ3v) is 5.34. The molecular formula is C23H32N4O. The highest BCUT2D eigenvalue weighted by molar-refractivity contribution is 5.74. The lowest BCUT2D eigenvalue weighted by molar-refractivity contribution is 0.236. The molecule has 1 aliphatic rings. The van der Waals surface area contributed by atoms with Crippen molar-refractivity contribution >= 4 is 6.03 Å². The number of urea groups is 1. The van der Waals surface area contributed by atoms with E-state index in [-0.39, 0.29) is 24.0 Å². The monoisotopic (exact) mass is 380 g/mol. The van der Waals surface area contributed by atoms with Crippen LogP contribution in [0.3, 0.4) is 0 Å². The normalized spacial score (nSPS) is 18.9. The molecule has 150 valence electrons. The fourth-order valence-corrected chi connectivity index (χ4v) is 3.94. The van der Waals surface area contributed by atoms with E-state index in [0.29, 0.717) is 5.92 Å². The SMILES string of the molecule is Cc1nn(-c2ccc(C(C)C)cc2)c(C)c1C1C=CC(NC(=O)NC(C)C)C1. The van der Waals surface area contributed by atoms with Crippen molar-refractivity contribution in [3.8, 4) is 5.69 Å². The smallest absolute Gasteiger partial charge is 0.315 e. The summed E-state index contributed by atoms with van der Waals surface area (Å²) in [6, 6.07) is 8.72. The fraction of sp³-hybridized carbons (Fsp3) is 0.478. The summed E-state index contributed by atoms with van der Waals surface area (Å²) in [7, 11) is 0. The van der Waals surface area contributed by atoms with E-state index < -0.39 is 0 Å². The van der Waals surface area contributed by atoms with Crippen LogP contribution in [0.5, 0.6) is 0 Å². The molecule has 0 aliphatic heterocycles. The van der Waals surface area contributed by atoms with Gasteiger partial charge in [0.05, 0.1) is 11.4 Å². The molecule has 2 unspecified atom stereocenters. The molecule has 0 radical (unpaired) electrons. The lowest BCUT2D eigenvalue weighted by Gasteiger charge is -2.16. The van der Waals surface area contributed by atoms with Crippen LogP contribution >= 0.6 is 0 Å². The number of aryl methyl sites for hydroxylation is 1. The van der Waals surface area contributed by atoms with Gasteiger partial charge in [0, 0.05) is 29.3 Å². The highest BCUT2D eigenvalue weighted by Gasteiger charge is 2.27. The Morgan fingerprint density at radius 3 is 2.39 bits per heavy atom. The Kier molecular flexibility index (Phi) is 5.92. The number of benzene rings is 1. The molecule has 28 heavy (non-hydrogen) atoms. The molecule has 0 bridgehead atoms. The van der Waals surface area contributed by atoms with Gasteiger partial charge >= 0.3 is 6.03 Å². The first kappa shape index (κ1) is 20.2. The molecule has 5 nitrogen and oxygen atoms in total. The van der Waals surface area contributed by atoms with Crippen molar-refractivity contribution in [2.45, 2.75) is 71.9 Å². The van der Waals surface area contributed by atoms with Crippen molar-refractivity contribution < 1.29 is 4.79 Å². The van der Waals surface area contributed by atoms with Gasteiger partial charge in [0.1, 0.15) is 0 Å². The van der Waals surface area contributed by atoms with Gasteiger partial charge in [-0.2, -0.15) is 5.10 Å². The Bertz CT molecular complexity index is 861. The zero-order valence-corrected chi connectivity index (χ0v) is 17.8. The van der Waals surface area contributed by atoms with Crippen LogP contribution in [0.2, 0.25) is 0 Å². The lowest BCUT2D eigenvalue weighted by atomic mass is 9.96. The van der Waals surface area contributed by atoms with Crippen LogP contribution in [0.1, 0.15) is 68.5 Å². The Hall–Kier alpha value is -2.56. The number of hydrogen-bond acceptors (Lipinski definition) is 2. The summed E-state index contributed by atoms with van der Waals surface area (Å²) >= 11 is 0. The molecule has 0 spiro atoms. The van der Waals surface area contributed by atoms with Crippen LogP contribution in [0, 0.1) is 13.8 Å². The Morgan fingerprint density at radius 1 is 1.11 bits per heavy atom. The first-order valence-corrected chi connectivity index (χ1v) is 10.2. The second-order valence-corrected chi connectivity index (χ2v) is 8.35. The molecule has 1 aromatic heterocycles. The topological polar surface area (TPSA) is 59.0 Å². The Morgan fingerprint density at radius 2 is 1.79 bits per heavy atom. The largest absolute Gasteiger partial charge is 0.336 e. The average molecular weight is 381 g/mol. The van der Waals surface area contributed by atoms with Crippen molar-refractivity contribution in [3.05, 3.63) is 58.9 Å². The molecule has 1 aliphatic carbocycles. The standard InChI is InChI=1S/C23H32N4O/c1-14(2)18-8-11-21(12-9-18)27-17(6)22(16(5)26-27)19-7-10-20(13-19)25-23(28)24-15(3)4/h7-12,14-15,19-20H,13H2,1-6H3,(H2,24,25,28). The van der Waals surface area contributed by atoms with Crippen molar-refractivity contribution in [1.82, 2.24) is 20.4 Å². The van der Waals surface area contributed by atoms with Crippen molar-refractivity contribution in [3.63, 3.8) is 0 Å². The number of carbonyl (C=O) groups excluding carboxylic acids is 1. The Labute approximate surface area is 168 Å². The highest BCUT2D eigenvalue weighted by Crippen LogP contribution is 2.34. The minimum atomic E-state index is -0.111. The van der Waals surface area contributed by atoms with Crippen LogP contribution < -0.4 is 10.6 Å². The van der Waals surface area contributed by atoms with Crippen molar-refractivity contribution in [1.29, 1.82) is 0 Å². The lowest BCUT2D eigenvalue weighted by Crippen LogP contribution is -2.43. The molecule has 1 heterocycles. The number of carbonyl (C=O) groups is 1. The summed E-state index contributed by atoms with van der Waals surface area (Å²) in [5, 5.41) is 10.7. The first-order chi connectivity index (χ1) is 13.3. The zero-order chi connectivity index (χ0) is 20.4. The zero-order valence-electron chi connectivity index (χ0n) is 17.8. The van der Waals surface area contributed by atoms with E-state index in [1.807, 2.05) is 18.5 Å². The summed E-state index contributed by atoms with van der Waals surface area (Å²) in [6.45, 7) is 12.5. The number of nitrogens with zero attached hydrogens (tertiary/aromatic N) is 2.